The molecule has 1 fully saturated rings. The molecule has 0 atom stereocenters. The van der Waals surface area contributed by atoms with Crippen LogP contribution in [0, 0.1) is 5.92 Å². The zero-order chi connectivity index (χ0) is 17.2. The fourth-order valence-corrected chi connectivity index (χ4v) is 4.41. The molecule has 2 rings (SSSR count). The lowest BCUT2D eigenvalue weighted by atomic mass is 9.93. The highest BCUT2D eigenvalue weighted by Crippen LogP contribution is 2.21. The molecule has 1 aromatic rings. The Balaban J connectivity index is 1.62. The molecule has 24 heavy (non-hydrogen) atoms. The number of hydrogen-bond acceptors (Lipinski definition) is 5. The highest BCUT2D eigenvalue weighted by molar-refractivity contribution is 8.00. The summed E-state index contributed by atoms with van der Waals surface area (Å²) in [5, 5.41) is 8.18. The molecule has 0 aliphatic carbocycles. The van der Waals surface area contributed by atoms with Gasteiger partial charge in [-0.25, -0.2) is 4.98 Å². The molecule has 0 saturated carbocycles. The van der Waals surface area contributed by atoms with E-state index in [2.05, 4.69) is 25.5 Å². The van der Waals surface area contributed by atoms with Gasteiger partial charge in [0.1, 0.15) is 4.34 Å². The molecule has 2 heterocycles. The van der Waals surface area contributed by atoms with Crippen LogP contribution >= 0.6 is 23.1 Å². The van der Waals surface area contributed by atoms with Gasteiger partial charge in [-0.3, -0.25) is 9.79 Å². The first-order chi connectivity index (χ1) is 11.7. The second-order valence-electron chi connectivity index (χ2n) is 5.78. The van der Waals surface area contributed by atoms with E-state index in [9.17, 15) is 4.79 Å². The first-order valence-electron chi connectivity index (χ1n) is 8.41. The van der Waals surface area contributed by atoms with Crippen LogP contribution in [-0.4, -0.2) is 61.2 Å². The van der Waals surface area contributed by atoms with E-state index < -0.39 is 0 Å². The Hall–Kier alpha value is -1.28. The zero-order valence-electron chi connectivity index (χ0n) is 14.5. The van der Waals surface area contributed by atoms with Crippen LogP contribution in [-0.2, 0) is 4.79 Å². The Bertz CT molecular complexity index is 513. The normalized spacial score (nSPS) is 16.2. The molecule has 134 valence electrons. The molecule has 1 amide bonds. The fraction of sp³-hybridized carbons (Fsp3) is 0.688. The number of rotatable bonds is 7. The van der Waals surface area contributed by atoms with Gasteiger partial charge in [0.25, 0.3) is 0 Å². The number of carbonyl (C=O) groups excluding carboxylic acids is 1. The minimum Gasteiger partial charge on any atom is -0.359 e. The number of piperidine rings is 1. The predicted molar refractivity (Wildman–Crippen MR) is 102 cm³/mol. The third kappa shape index (κ3) is 6.32. The molecular formula is C16H27N5OS2. The second-order valence-corrected chi connectivity index (χ2v) is 8.02. The lowest BCUT2D eigenvalue weighted by Gasteiger charge is -2.34. The Morgan fingerprint density at radius 1 is 1.50 bits per heavy atom. The molecular weight excluding hydrogens is 342 g/mol. The van der Waals surface area contributed by atoms with Gasteiger partial charge in [0.2, 0.25) is 5.91 Å². The highest BCUT2D eigenvalue weighted by Gasteiger charge is 2.22. The van der Waals surface area contributed by atoms with Gasteiger partial charge in [-0.2, -0.15) is 0 Å². The van der Waals surface area contributed by atoms with Crippen molar-refractivity contribution < 1.29 is 4.79 Å². The van der Waals surface area contributed by atoms with Crippen molar-refractivity contribution in [3.8, 4) is 0 Å². The average Bonchev–Trinajstić information content (AvgIpc) is 3.12. The average molecular weight is 370 g/mol. The summed E-state index contributed by atoms with van der Waals surface area (Å²) in [4.78, 5) is 22.4. The minimum atomic E-state index is 0.147. The fourth-order valence-electron chi connectivity index (χ4n) is 2.76. The summed E-state index contributed by atoms with van der Waals surface area (Å²) >= 11 is 3.50. The summed E-state index contributed by atoms with van der Waals surface area (Å²) in [5.41, 5.74) is 0. The monoisotopic (exact) mass is 369 g/mol. The first kappa shape index (κ1) is 19.1. The van der Waals surface area contributed by atoms with E-state index in [1.807, 2.05) is 18.6 Å². The van der Waals surface area contributed by atoms with E-state index in [1.165, 1.54) is 0 Å². The number of nitrogens with zero attached hydrogens (tertiary/aromatic N) is 3. The summed E-state index contributed by atoms with van der Waals surface area (Å²) in [6.45, 7) is 2.85. The van der Waals surface area contributed by atoms with Gasteiger partial charge in [-0.15, -0.1) is 11.3 Å². The van der Waals surface area contributed by atoms with Gasteiger partial charge in [0.05, 0.1) is 0 Å². The molecule has 2 N–H and O–H groups in total. The summed E-state index contributed by atoms with van der Waals surface area (Å²) in [5.74, 6) is 2.68. The number of nitrogens with one attached hydrogen (secondary N) is 2. The van der Waals surface area contributed by atoms with Gasteiger partial charge in [-0.05, 0) is 25.2 Å². The van der Waals surface area contributed by atoms with Crippen molar-refractivity contribution in [2.45, 2.75) is 30.0 Å². The molecule has 1 aliphatic rings. The van der Waals surface area contributed by atoms with Crippen molar-refractivity contribution in [3.63, 3.8) is 0 Å². The van der Waals surface area contributed by atoms with Crippen LogP contribution in [0.1, 0.15) is 25.7 Å². The van der Waals surface area contributed by atoms with Crippen LogP contribution in [0.2, 0.25) is 0 Å². The molecule has 1 saturated heterocycles. The number of thioether (sulfide) groups is 1. The number of aliphatic imine (C=N–C) groups is 1. The molecule has 0 bridgehead atoms. The van der Waals surface area contributed by atoms with Crippen molar-refractivity contribution in [3.05, 3.63) is 11.6 Å². The first-order valence-corrected chi connectivity index (χ1v) is 10.3. The molecule has 0 spiro atoms. The van der Waals surface area contributed by atoms with Crippen molar-refractivity contribution >= 4 is 35.0 Å². The maximum Gasteiger partial charge on any atom is 0.220 e. The molecule has 8 heteroatoms. The van der Waals surface area contributed by atoms with E-state index in [0.29, 0.717) is 12.3 Å². The Labute approximate surface area is 152 Å². The van der Waals surface area contributed by atoms with Crippen molar-refractivity contribution in [1.29, 1.82) is 0 Å². The van der Waals surface area contributed by atoms with E-state index in [4.69, 9.17) is 0 Å². The largest absolute Gasteiger partial charge is 0.359 e. The minimum absolute atomic E-state index is 0.147. The van der Waals surface area contributed by atoms with E-state index >= 15 is 0 Å². The van der Waals surface area contributed by atoms with E-state index in [0.717, 1.165) is 54.9 Å². The molecule has 0 radical (unpaired) electrons. The number of amides is 1. The van der Waals surface area contributed by atoms with Gasteiger partial charge in [-0.1, -0.05) is 11.8 Å². The van der Waals surface area contributed by atoms with Crippen LogP contribution in [0.4, 0.5) is 0 Å². The van der Waals surface area contributed by atoms with Gasteiger partial charge < -0.3 is 15.5 Å². The van der Waals surface area contributed by atoms with Crippen molar-refractivity contribution in [1.82, 2.24) is 20.5 Å². The maximum absolute atomic E-state index is 11.5. The van der Waals surface area contributed by atoms with E-state index in [1.54, 1.807) is 30.1 Å². The number of thiazole rings is 1. The number of hydrogen-bond donors (Lipinski definition) is 2. The maximum atomic E-state index is 11.5. The molecule has 1 aliphatic heterocycles. The van der Waals surface area contributed by atoms with Gasteiger partial charge in [0.15, 0.2) is 5.96 Å². The topological polar surface area (TPSA) is 69.6 Å². The smallest absolute Gasteiger partial charge is 0.220 e. The van der Waals surface area contributed by atoms with Crippen LogP contribution in [0.5, 0.6) is 0 Å². The van der Waals surface area contributed by atoms with Gasteiger partial charge in [0, 0.05) is 57.5 Å². The number of aromatic nitrogens is 1. The third-order valence-corrected chi connectivity index (χ3v) is 6.17. The lowest BCUT2D eigenvalue weighted by molar-refractivity contribution is -0.121. The highest BCUT2D eigenvalue weighted by atomic mass is 32.2. The summed E-state index contributed by atoms with van der Waals surface area (Å²) in [6.07, 6.45) is 5.67. The SMILES string of the molecule is CN=C(NCCCSc1nccs1)N1CCC(CC(=O)NC)CC1. The standard InChI is InChI=1S/C16H27N5OS2/c1-17-14(22)12-13-4-8-21(9-5-13)15(18-2)19-6-3-10-23-16-20-7-11-24-16/h7,11,13H,3-6,8-10,12H2,1-2H3,(H,17,22)(H,18,19). The van der Waals surface area contributed by atoms with E-state index in [-0.39, 0.29) is 5.91 Å². The molecule has 1 aromatic heterocycles. The van der Waals surface area contributed by atoms with Crippen LogP contribution in [0.15, 0.2) is 20.9 Å². The molecule has 0 aromatic carbocycles. The third-order valence-electron chi connectivity index (χ3n) is 4.12. The number of likely N-dealkylation sites (tertiary alicyclic amines) is 1. The van der Waals surface area contributed by atoms with Gasteiger partial charge >= 0.3 is 0 Å². The zero-order valence-corrected chi connectivity index (χ0v) is 16.1. The summed E-state index contributed by atoms with van der Waals surface area (Å²) in [7, 11) is 3.54. The van der Waals surface area contributed by atoms with Crippen LogP contribution in [0.3, 0.4) is 0 Å². The number of carbonyl (C=O) groups is 1. The number of guanidine groups is 1. The van der Waals surface area contributed by atoms with Crippen LogP contribution in [0.25, 0.3) is 0 Å². The Kier molecular flexibility index (Phi) is 8.38. The summed E-state index contributed by atoms with van der Waals surface area (Å²) in [6, 6.07) is 0. The van der Waals surface area contributed by atoms with Crippen LogP contribution < -0.4 is 10.6 Å². The lowest BCUT2D eigenvalue weighted by Crippen LogP contribution is -2.46. The molecule has 0 unspecified atom stereocenters. The quantitative estimate of drug-likeness (QED) is 0.333. The predicted octanol–water partition coefficient (Wildman–Crippen LogP) is 2.05. The second kappa shape index (κ2) is 10.6. The van der Waals surface area contributed by atoms with Crippen molar-refractivity contribution in [2.24, 2.45) is 10.9 Å². The Morgan fingerprint density at radius 3 is 2.92 bits per heavy atom. The Morgan fingerprint density at radius 2 is 2.29 bits per heavy atom. The van der Waals surface area contributed by atoms with Crippen molar-refractivity contribution in [2.75, 3.05) is 39.5 Å². The summed E-state index contributed by atoms with van der Waals surface area (Å²) < 4.78 is 1.14. The molecule has 6 nitrogen and oxygen atoms in total.